The summed E-state index contributed by atoms with van der Waals surface area (Å²) in [6.45, 7) is 9.60. The van der Waals surface area contributed by atoms with Crippen molar-refractivity contribution in [3.8, 4) is 0 Å². The Kier molecular flexibility index (Phi) is 24.5. The molecule has 19 heavy (non-hydrogen) atoms. The molecule has 3 heteroatoms. The molecular weight excluding hydrogens is 408 g/mol. The van der Waals surface area contributed by atoms with Crippen LogP contribution in [0.5, 0.6) is 0 Å². The Morgan fingerprint density at radius 2 is 1.00 bits per heavy atom. The summed E-state index contributed by atoms with van der Waals surface area (Å²) in [6.07, 6.45) is 20.0. The van der Waals surface area contributed by atoms with Gasteiger partial charge in [-0.3, -0.25) is 0 Å². The Bertz CT molecular complexity index is 154. The van der Waals surface area contributed by atoms with E-state index in [0.717, 1.165) is 5.71 Å². The van der Waals surface area contributed by atoms with E-state index in [0.29, 0.717) is 6.04 Å². The summed E-state index contributed by atoms with van der Waals surface area (Å²) in [5.41, 5.74) is 0.912. The number of aliphatic imine (C=N–C) groups is 1. The molecule has 11 radical (unpaired) electrons. The predicted octanol–water partition coefficient (Wildman–Crippen LogP) is 3.73. The number of hydrogen-bond donors (Lipinski definition) is 0. The second-order valence-corrected chi connectivity index (χ2v) is 3.88. The summed E-state index contributed by atoms with van der Waals surface area (Å²) < 4.78 is 0. The molecule has 0 saturated heterocycles. The van der Waals surface area contributed by atoms with Crippen LogP contribution in [-0.2, 0) is 39.0 Å². The van der Waals surface area contributed by atoms with Crippen LogP contribution < -0.4 is 0 Å². The number of hydrogen-bond acceptors (Lipinski definition) is 1. The van der Waals surface area contributed by atoms with Crippen LogP contribution >= 0.6 is 0 Å². The van der Waals surface area contributed by atoms with E-state index >= 15 is 0 Å². The zero-order valence-electron chi connectivity index (χ0n) is 11.7. The quantitative estimate of drug-likeness (QED) is 0.342. The molecule has 0 N–H and O–H groups in total. The molecule has 0 aromatic heterocycles. The maximum atomic E-state index is 4.08. The third kappa shape index (κ3) is 24.2. The molecule has 2 rings (SSSR count). The Balaban J connectivity index is -0.000000194. The van der Waals surface area contributed by atoms with Gasteiger partial charge in [0.2, 0.25) is 0 Å². The van der Waals surface area contributed by atoms with Gasteiger partial charge in [0, 0.05) is 25.5 Å². The van der Waals surface area contributed by atoms with Gasteiger partial charge in [0.05, 0.1) is 0 Å². The van der Waals surface area contributed by atoms with Crippen molar-refractivity contribution in [3.63, 3.8) is 0 Å². The van der Waals surface area contributed by atoms with Crippen molar-refractivity contribution in [2.45, 2.75) is 26.8 Å². The Morgan fingerprint density at radius 1 is 0.789 bits per heavy atom. The standard InChI is InChI=1S/C6H12N.2C5H5.2Ru/c1-5(2)7-6(3)4;2*1-2-4-5-3-1;;/h6H,1H2,2-4H3;2*1-5H;;/q-1;;;;+1. The first-order chi connectivity index (χ1) is 8.13. The normalized spacial score (nSPS) is 17.4. The average Bonchev–Trinajstić information content (AvgIpc) is 2.96. The summed E-state index contributed by atoms with van der Waals surface area (Å²) in [4.78, 5) is 4.08. The van der Waals surface area contributed by atoms with Crippen LogP contribution in [0.1, 0.15) is 20.8 Å². The molecule has 0 heterocycles. The summed E-state index contributed by atoms with van der Waals surface area (Å²) in [5, 5.41) is 0. The van der Waals surface area contributed by atoms with Crippen molar-refractivity contribution in [1.29, 1.82) is 0 Å². The van der Waals surface area contributed by atoms with Gasteiger partial charge in [0.15, 0.2) is 0 Å². The van der Waals surface area contributed by atoms with E-state index in [2.05, 4.69) is 11.9 Å². The van der Waals surface area contributed by atoms with Crippen molar-refractivity contribution >= 4 is 5.71 Å². The fourth-order valence-electron chi connectivity index (χ4n) is 1.08. The number of nitrogens with zero attached hydrogens (tertiary/aromatic N) is 1. The minimum atomic E-state index is 0. The summed E-state index contributed by atoms with van der Waals surface area (Å²) in [5.74, 6) is 0. The van der Waals surface area contributed by atoms with Gasteiger partial charge < -0.3 is 11.9 Å². The largest absolute Gasteiger partial charge is 1.00 e. The Labute approximate surface area is 147 Å². The smallest absolute Gasteiger partial charge is 0.361 e. The van der Waals surface area contributed by atoms with Crippen LogP contribution in [0, 0.1) is 71.1 Å². The Morgan fingerprint density at radius 3 is 1.05 bits per heavy atom. The number of rotatable bonds is 1. The van der Waals surface area contributed by atoms with Crippen molar-refractivity contribution in [2.24, 2.45) is 4.99 Å². The Hall–Kier alpha value is 0.787. The first-order valence-electron chi connectivity index (χ1n) is 5.82. The zero-order chi connectivity index (χ0) is 12.9. The second-order valence-electron chi connectivity index (χ2n) is 3.88. The molecule has 0 aromatic carbocycles. The summed E-state index contributed by atoms with van der Waals surface area (Å²) in [6, 6.07) is 0.400. The van der Waals surface area contributed by atoms with Gasteiger partial charge >= 0.3 is 19.5 Å². The predicted molar refractivity (Wildman–Crippen MR) is 76.6 cm³/mol. The molecule has 1 nitrogen and oxygen atoms in total. The minimum absolute atomic E-state index is 0. The molecule has 2 aliphatic carbocycles. The van der Waals surface area contributed by atoms with Crippen LogP contribution in [0.15, 0.2) is 4.99 Å². The van der Waals surface area contributed by atoms with E-state index in [-0.39, 0.29) is 39.0 Å². The fourth-order valence-corrected chi connectivity index (χ4v) is 1.08. The fraction of sp³-hybridized carbons (Fsp3) is 0.250. The van der Waals surface area contributed by atoms with Crippen molar-refractivity contribution in [2.75, 3.05) is 0 Å². The first kappa shape index (κ1) is 24.8. The van der Waals surface area contributed by atoms with Crippen LogP contribution in [0.4, 0.5) is 0 Å². The van der Waals surface area contributed by atoms with Gasteiger partial charge in [-0.2, -0.15) is 0 Å². The topological polar surface area (TPSA) is 12.4 Å². The minimum Gasteiger partial charge on any atom is -0.361 e. The SMILES string of the molecule is [CH2-]C(C)=NC(C)C.[CH]1[CH][CH][CH][CH]1.[CH]1[CH][CH][CH][CH]1.[Ru+].[Ru]. The van der Waals surface area contributed by atoms with Gasteiger partial charge in [-0.05, 0) is 78.1 Å². The van der Waals surface area contributed by atoms with E-state index in [1.165, 1.54) is 0 Å². The second kappa shape index (κ2) is 18.8. The molecule has 0 aromatic rings. The molecule has 0 spiro atoms. The molecule has 0 bridgehead atoms. The van der Waals surface area contributed by atoms with Gasteiger partial charge in [0.25, 0.3) is 0 Å². The maximum absolute atomic E-state index is 4.08. The zero-order valence-corrected chi connectivity index (χ0v) is 15.2. The van der Waals surface area contributed by atoms with Crippen LogP contribution in [0.2, 0.25) is 0 Å². The van der Waals surface area contributed by atoms with Crippen molar-refractivity contribution in [3.05, 3.63) is 71.1 Å². The van der Waals surface area contributed by atoms with Crippen LogP contribution in [0.3, 0.4) is 0 Å². The van der Waals surface area contributed by atoms with Gasteiger partial charge in [-0.15, -0.1) is 5.71 Å². The summed E-state index contributed by atoms with van der Waals surface area (Å²) >= 11 is 0. The summed E-state index contributed by atoms with van der Waals surface area (Å²) in [7, 11) is 0. The van der Waals surface area contributed by atoms with Gasteiger partial charge in [0.1, 0.15) is 0 Å². The van der Waals surface area contributed by atoms with E-state index < -0.39 is 0 Å². The van der Waals surface area contributed by atoms with E-state index in [9.17, 15) is 0 Å². The van der Waals surface area contributed by atoms with Crippen LogP contribution in [-0.4, -0.2) is 11.8 Å². The first-order valence-corrected chi connectivity index (χ1v) is 5.82. The van der Waals surface area contributed by atoms with Crippen molar-refractivity contribution in [1.82, 2.24) is 0 Å². The maximum Gasteiger partial charge on any atom is 1.00 e. The van der Waals surface area contributed by atoms with E-state index in [1.807, 2.05) is 85.0 Å². The van der Waals surface area contributed by atoms with E-state index in [1.54, 1.807) is 0 Å². The molecule has 2 aliphatic rings. The molecule has 107 valence electrons. The van der Waals surface area contributed by atoms with Gasteiger partial charge in [-0.25, -0.2) is 0 Å². The average molecular weight is 430 g/mol. The third-order valence-corrected chi connectivity index (χ3v) is 1.59. The monoisotopic (exact) mass is 432 g/mol. The molecule has 2 fully saturated rings. The third-order valence-electron chi connectivity index (χ3n) is 1.59. The van der Waals surface area contributed by atoms with Crippen LogP contribution in [0.25, 0.3) is 0 Å². The van der Waals surface area contributed by atoms with E-state index in [4.69, 9.17) is 0 Å². The molecular formula is C16H22NRu2. The molecule has 2 saturated carbocycles. The molecule has 0 unspecified atom stereocenters. The molecule has 0 atom stereocenters. The molecule has 0 amide bonds. The van der Waals surface area contributed by atoms with Gasteiger partial charge in [-0.1, -0.05) is 6.92 Å². The van der Waals surface area contributed by atoms with Crippen molar-refractivity contribution < 1.29 is 39.0 Å². The molecule has 0 aliphatic heterocycles.